The maximum absolute atomic E-state index is 12.1. The van der Waals surface area contributed by atoms with Crippen LogP contribution < -0.4 is 4.90 Å². The van der Waals surface area contributed by atoms with Gasteiger partial charge in [-0.1, -0.05) is 57.2 Å². The fourth-order valence-electron chi connectivity index (χ4n) is 3.78. The van der Waals surface area contributed by atoms with Crippen molar-refractivity contribution in [2.45, 2.75) is 41.0 Å². The summed E-state index contributed by atoms with van der Waals surface area (Å²) in [6.07, 6.45) is 2.32. The van der Waals surface area contributed by atoms with Crippen LogP contribution in [0.4, 0.5) is 15.8 Å². The van der Waals surface area contributed by atoms with Crippen molar-refractivity contribution in [2.75, 3.05) is 11.4 Å². The number of anilines is 2. The average Bonchev–Trinajstić information content (AvgIpc) is 3.20. The number of hydrogen-bond acceptors (Lipinski definition) is 3. The van der Waals surface area contributed by atoms with E-state index >= 15 is 0 Å². The largest absolute Gasteiger partial charge is 0.513 e. The first kappa shape index (κ1) is 25.0. The minimum absolute atomic E-state index is 0.117. The molecule has 2 N–H and O–H groups in total. The number of fused-ring (bicyclic) bond motifs is 1. The van der Waals surface area contributed by atoms with E-state index in [9.17, 15) is 9.50 Å². The van der Waals surface area contributed by atoms with Crippen molar-refractivity contribution in [3.63, 3.8) is 0 Å². The number of allylic oxidation sites excluding steroid dienone is 1. The highest BCUT2D eigenvalue weighted by Gasteiger charge is 2.21. The van der Waals surface area contributed by atoms with Crippen molar-refractivity contribution in [3.8, 4) is 0 Å². The number of aryl methyl sites for hydroxylation is 2. The number of nitrogens with zero attached hydrogens (tertiary/aromatic N) is 2. The number of halogens is 1. The summed E-state index contributed by atoms with van der Waals surface area (Å²) < 4.78 is 12.1. The Morgan fingerprint density at radius 2 is 1.76 bits per heavy atom. The minimum atomic E-state index is -0.171. The predicted molar refractivity (Wildman–Crippen MR) is 140 cm³/mol. The first-order chi connectivity index (χ1) is 16.0. The van der Waals surface area contributed by atoms with Crippen LogP contribution in [0.1, 0.15) is 37.5 Å². The van der Waals surface area contributed by atoms with Crippen molar-refractivity contribution >= 4 is 22.3 Å². The van der Waals surface area contributed by atoms with E-state index in [-0.39, 0.29) is 17.0 Å². The highest BCUT2D eigenvalue weighted by molar-refractivity contribution is 5.85. The van der Waals surface area contributed by atoms with Crippen LogP contribution in [0.25, 0.3) is 10.9 Å². The summed E-state index contributed by atoms with van der Waals surface area (Å²) in [6, 6.07) is 19.0. The molecule has 0 amide bonds. The molecule has 0 atom stereocenters. The summed E-state index contributed by atoms with van der Waals surface area (Å²) in [6.45, 7) is 15.3. The smallest absolute Gasteiger partial charge is 0.123 e. The van der Waals surface area contributed by atoms with E-state index in [0.717, 1.165) is 39.9 Å². The molecule has 178 valence electrons. The number of aromatic amines is 1. The second kappa shape index (κ2) is 10.6. The van der Waals surface area contributed by atoms with Crippen molar-refractivity contribution in [2.24, 2.45) is 5.41 Å². The molecule has 0 fully saturated rings. The van der Waals surface area contributed by atoms with Gasteiger partial charge in [0.05, 0.1) is 17.5 Å². The van der Waals surface area contributed by atoms with Gasteiger partial charge in [0.1, 0.15) is 5.82 Å². The van der Waals surface area contributed by atoms with E-state index in [2.05, 4.69) is 73.6 Å². The van der Waals surface area contributed by atoms with Crippen LogP contribution in [0.5, 0.6) is 0 Å². The lowest BCUT2D eigenvalue weighted by Gasteiger charge is -2.33. The molecule has 1 aromatic heterocycles. The van der Waals surface area contributed by atoms with Crippen LogP contribution in [0.2, 0.25) is 0 Å². The van der Waals surface area contributed by atoms with Crippen LogP contribution in [-0.4, -0.2) is 21.8 Å². The topological polar surface area (TPSA) is 52.1 Å². The van der Waals surface area contributed by atoms with Gasteiger partial charge in [0.15, 0.2) is 0 Å². The molecule has 0 bridgehead atoms. The lowest BCUT2D eigenvalue weighted by Crippen LogP contribution is -2.29. The zero-order valence-electron chi connectivity index (χ0n) is 20.7. The van der Waals surface area contributed by atoms with Gasteiger partial charge in [0.2, 0.25) is 0 Å². The lowest BCUT2D eigenvalue weighted by atomic mass is 9.94. The Hall–Kier alpha value is -3.60. The maximum atomic E-state index is 12.1. The van der Waals surface area contributed by atoms with Gasteiger partial charge in [-0.05, 0) is 66.8 Å². The molecule has 0 saturated carbocycles. The minimum Gasteiger partial charge on any atom is -0.513 e. The Bertz CT molecular complexity index is 1230. The van der Waals surface area contributed by atoms with Gasteiger partial charge in [-0.15, -0.1) is 0 Å². The third kappa shape index (κ3) is 6.95. The summed E-state index contributed by atoms with van der Waals surface area (Å²) >= 11 is 0. The third-order valence-electron chi connectivity index (χ3n) is 5.32. The molecule has 3 aromatic carbocycles. The number of hydrogen-bond donors (Lipinski definition) is 2. The highest BCUT2D eigenvalue weighted by Crippen LogP contribution is 2.34. The zero-order chi connectivity index (χ0) is 24.9. The van der Waals surface area contributed by atoms with Gasteiger partial charge in [0.25, 0.3) is 0 Å². The van der Waals surface area contributed by atoms with Gasteiger partial charge >= 0.3 is 0 Å². The third-order valence-corrected chi connectivity index (χ3v) is 5.32. The van der Waals surface area contributed by atoms with Gasteiger partial charge in [-0.3, -0.25) is 5.10 Å². The molecule has 0 unspecified atom stereocenters. The molecular formula is C29H34FN3O. The molecule has 0 aliphatic heterocycles. The number of H-pyrrole nitrogens is 1. The van der Waals surface area contributed by atoms with E-state index in [1.165, 1.54) is 17.7 Å². The number of benzene rings is 3. The molecule has 4 rings (SSSR count). The SMILES string of the molecule is C=C(O)Cc1cccc(N(CC(C)(C)C)c2cc3[nH]ncc3cc2C)c1.Cc1ccc(F)cc1. The molecule has 0 aliphatic carbocycles. The van der Waals surface area contributed by atoms with Crippen LogP contribution in [0.3, 0.4) is 0 Å². The van der Waals surface area contributed by atoms with Crippen LogP contribution in [-0.2, 0) is 6.42 Å². The van der Waals surface area contributed by atoms with Crippen molar-refractivity contribution in [1.82, 2.24) is 10.2 Å². The van der Waals surface area contributed by atoms with E-state index < -0.39 is 0 Å². The lowest BCUT2D eigenvalue weighted by molar-refractivity contribution is 0.401. The molecule has 0 aliphatic rings. The van der Waals surface area contributed by atoms with E-state index in [1.807, 2.05) is 25.3 Å². The normalized spacial score (nSPS) is 11.1. The maximum Gasteiger partial charge on any atom is 0.123 e. The first-order valence-corrected chi connectivity index (χ1v) is 11.4. The second-order valence-electron chi connectivity index (χ2n) is 9.95. The quantitative estimate of drug-likeness (QED) is 0.299. The Balaban J connectivity index is 0.000000343. The van der Waals surface area contributed by atoms with Crippen LogP contribution in [0.15, 0.2) is 79.2 Å². The summed E-state index contributed by atoms with van der Waals surface area (Å²) in [4.78, 5) is 2.35. The first-order valence-electron chi connectivity index (χ1n) is 11.4. The van der Waals surface area contributed by atoms with Gasteiger partial charge < -0.3 is 10.0 Å². The molecule has 0 radical (unpaired) electrons. The molecule has 4 nitrogen and oxygen atoms in total. The molecule has 0 spiro atoms. The van der Waals surface area contributed by atoms with E-state index in [1.54, 1.807) is 12.1 Å². The standard InChI is InChI=1S/C22H27N3O.C7H7F/c1-15-9-18-13-23-24-20(18)12-21(15)25(14-22(3,4)5)19-8-6-7-17(11-19)10-16(2)26;1-6-2-4-7(8)5-3-6/h6-9,11-13,26H,2,10,14H2,1,3-5H3,(H,23,24);2-5H,1H3. The average molecular weight is 460 g/mol. The molecule has 0 saturated heterocycles. The van der Waals surface area contributed by atoms with E-state index in [0.29, 0.717) is 6.42 Å². The summed E-state index contributed by atoms with van der Waals surface area (Å²) in [7, 11) is 0. The number of aliphatic hydroxyl groups excluding tert-OH is 1. The Labute approximate surface area is 201 Å². The summed E-state index contributed by atoms with van der Waals surface area (Å²) in [5.41, 5.74) is 6.77. The Kier molecular flexibility index (Phi) is 7.77. The van der Waals surface area contributed by atoms with Crippen molar-refractivity contribution < 1.29 is 9.50 Å². The fraction of sp³-hybridized carbons (Fsp3) is 0.276. The van der Waals surface area contributed by atoms with Crippen molar-refractivity contribution in [1.29, 1.82) is 0 Å². The Morgan fingerprint density at radius 3 is 2.38 bits per heavy atom. The molecule has 5 heteroatoms. The molecule has 1 heterocycles. The number of aromatic nitrogens is 2. The summed E-state index contributed by atoms with van der Waals surface area (Å²) in [5.74, 6) is 0.00943. The molecule has 4 aromatic rings. The Morgan fingerprint density at radius 1 is 1.06 bits per heavy atom. The van der Waals surface area contributed by atoms with Crippen LogP contribution >= 0.6 is 0 Å². The monoisotopic (exact) mass is 459 g/mol. The predicted octanol–water partition coefficient (Wildman–Crippen LogP) is 7.80. The number of rotatable bonds is 5. The van der Waals surface area contributed by atoms with Gasteiger partial charge in [-0.2, -0.15) is 5.10 Å². The van der Waals surface area contributed by atoms with Gasteiger partial charge in [0, 0.05) is 29.7 Å². The number of aliphatic hydroxyl groups is 1. The number of nitrogens with one attached hydrogen (secondary N) is 1. The molecular weight excluding hydrogens is 425 g/mol. The second-order valence-corrected chi connectivity index (χ2v) is 9.95. The van der Waals surface area contributed by atoms with E-state index in [4.69, 9.17) is 0 Å². The highest BCUT2D eigenvalue weighted by atomic mass is 19.1. The van der Waals surface area contributed by atoms with Gasteiger partial charge in [-0.25, -0.2) is 4.39 Å². The van der Waals surface area contributed by atoms with Crippen LogP contribution in [0, 0.1) is 25.1 Å². The summed E-state index contributed by atoms with van der Waals surface area (Å²) in [5, 5.41) is 17.9. The van der Waals surface area contributed by atoms with Crippen molar-refractivity contribution in [3.05, 3.63) is 102 Å². The molecule has 34 heavy (non-hydrogen) atoms. The zero-order valence-corrected chi connectivity index (χ0v) is 20.7. The fourth-order valence-corrected chi connectivity index (χ4v) is 3.78.